The van der Waals surface area contributed by atoms with Crippen LogP contribution >= 0.6 is 23.5 Å². The molecule has 3 aliphatic heterocycles. The van der Waals surface area contributed by atoms with E-state index < -0.39 is 32.6 Å². The van der Waals surface area contributed by atoms with Gasteiger partial charge in [-0.3, -0.25) is 0 Å². The topological polar surface area (TPSA) is 110 Å². The van der Waals surface area contributed by atoms with Gasteiger partial charge in [0.15, 0.2) is 10.4 Å². The number of hydrogen-bond donors (Lipinski definition) is 5. The molecule has 0 aromatic heterocycles. The van der Waals surface area contributed by atoms with E-state index in [1.165, 1.54) is 0 Å². The van der Waals surface area contributed by atoms with Crippen molar-refractivity contribution in [3.63, 3.8) is 0 Å². The molecule has 0 aliphatic carbocycles. The fourth-order valence-electron chi connectivity index (χ4n) is 1.95. The van der Waals surface area contributed by atoms with E-state index >= 15 is 0 Å². The monoisotopic (exact) mass is 240 g/mol. The molecule has 0 aromatic rings. The zero-order valence-corrected chi connectivity index (χ0v) is 8.33. The summed E-state index contributed by atoms with van der Waals surface area (Å²) >= 11 is 1.33. The second-order valence-corrected chi connectivity index (χ2v) is 6.17. The lowest BCUT2D eigenvalue weighted by molar-refractivity contribution is -0.284. The summed E-state index contributed by atoms with van der Waals surface area (Å²) in [5.74, 6) is -2.18. The van der Waals surface area contributed by atoms with Gasteiger partial charge in [0, 0.05) is 0 Å². The molecule has 3 unspecified atom stereocenters. The van der Waals surface area contributed by atoms with E-state index in [1.54, 1.807) is 0 Å². The number of rotatable bonds is 0. The van der Waals surface area contributed by atoms with Gasteiger partial charge in [-0.1, -0.05) is 23.5 Å². The molecule has 3 saturated heterocycles. The minimum Gasteiger partial charge on any atom is -0.379 e. The van der Waals surface area contributed by atoms with E-state index in [-0.39, 0.29) is 0 Å². The van der Waals surface area contributed by atoms with Crippen LogP contribution in [-0.2, 0) is 4.74 Å². The molecule has 3 heterocycles. The highest BCUT2D eigenvalue weighted by atomic mass is 32.2. The summed E-state index contributed by atoms with van der Waals surface area (Å²) in [4.78, 5) is -3.71. The van der Waals surface area contributed by atoms with E-state index in [0.717, 1.165) is 0 Å². The number of hydrogen-bond acceptors (Lipinski definition) is 8. The molecular formula is C6H8O6S2. The van der Waals surface area contributed by atoms with Crippen LogP contribution in [0.25, 0.3) is 0 Å². The fourth-order valence-corrected chi connectivity index (χ4v) is 4.51. The highest BCUT2D eigenvalue weighted by molar-refractivity contribution is 8.07. The Morgan fingerprint density at radius 1 is 1.07 bits per heavy atom. The Balaban J connectivity index is 2.03. The average Bonchev–Trinajstić information content (AvgIpc) is 2.22. The maximum absolute atomic E-state index is 9.89. The van der Waals surface area contributed by atoms with Gasteiger partial charge in [0.2, 0.25) is 10.7 Å². The molecule has 6 nitrogen and oxygen atoms in total. The van der Waals surface area contributed by atoms with Crippen LogP contribution in [0.1, 0.15) is 0 Å². The third kappa shape index (κ3) is 0.669. The molecule has 3 rings (SSSR count). The third-order valence-corrected chi connectivity index (χ3v) is 5.83. The summed E-state index contributed by atoms with van der Waals surface area (Å²) in [6, 6.07) is 0. The first-order valence-electron chi connectivity index (χ1n) is 3.92. The van der Waals surface area contributed by atoms with Gasteiger partial charge in [0.1, 0.15) is 11.5 Å². The lowest BCUT2D eigenvalue weighted by Crippen LogP contribution is -2.74. The van der Waals surface area contributed by atoms with Crippen molar-refractivity contribution in [3.05, 3.63) is 0 Å². The van der Waals surface area contributed by atoms with Gasteiger partial charge in [-0.15, -0.1) is 0 Å². The van der Waals surface area contributed by atoms with Crippen LogP contribution in [0.15, 0.2) is 0 Å². The number of fused-ring (bicyclic) bond motifs is 3. The SMILES string of the molecule is OC1S[C@@]2(O)[C@@H]1OC1(O)C(O)S[C@@]12O. The van der Waals surface area contributed by atoms with Gasteiger partial charge in [-0.2, -0.15) is 0 Å². The number of aliphatic hydroxyl groups is 5. The smallest absolute Gasteiger partial charge is 0.246 e. The van der Waals surface area contributed by atoms with Crippen molar-refractivity contribution < 1.29 is 30.3 Å². The van der Waals surface area contributed by atoms with Crippen LogP contribution in [0.2, 0.25) is 0 Å². The van der Waals surface area contributed by atoms with Crippen LogP contribution in [0.3, 0.4) is 0 Å². The van der Waals surface area contributed by atoms with Crippen LogP contribution in [0.5, 0.6) is 0 Å². The first kappa shape index (κ1) is 9.67. The molecule has 8 heteroatoms. The molecule has 5 N–H and O–H groups in total. The standard InChI is InChI=1S/C6H8O6S2/c7-2-1-5(10,13-2)6(11)4(9,12-1)3(8)14-6/h1-3,7-11H/t1-,2?,3?,4?,5+,6+/m1/s1. The van der Waals surface area contributed by atoms with Gasteiger partial charge >= 0.3 is 0 Å². The Morgan fingerprint density at radius 2 is 1.71 bits per heavy atom. The molecule has 14 heavy (non-hydrogen) atoms. The maximum Gasteiger partial charge on any atom is 0.246 e. The molecule has 3 aliphatic rings. The van der Waals surface area contributed by atoms with Gasteiger partial charge in [0.05, 0.1) is 0 Å². The molecule has 3 fully saturated rings. The van der Waals surface area contributed by atoms with Crippen molar-refractivity contribution in [2.75, 3.05) is 0 Å². The van der Waals surface area contributed by atoms with Gasteiger partial charge in [0.25, 0.3) is 0 Å². The van der Waals surface area contributed by atoms with Crippen LogP contribution in [0.4, 0.5) is 0 Å². The Kier molecular flexibility index (Phi) is 1.56. The van der Waals surface area contributed by atoms with Crippen molar-refractivity contribution in [2.45, 2.75) is 32.6 Å². The lowest BCUT2D eigenvalue weighted by Gasteiger charge is -2.54. The molecule has 0 saturated carbocycles. The van der Waals surface area contributed by atoms with E-state index in [4.69, 9.17) is 4.74 Å². The van der Waals surface area contributed by atoms with Crippen LogP contribution in [-0.4, -0.2) is 58.2 Å². The minimum atomic E-state index is -2.18. The van der Waals surface area contributed by atoms with E-state index in [9.17, 15) is 25.5 Å². The Bertz CT molecular complexity index is 309. The minimum absolute atomic E-state index is 0.618. The van der Waals surface area contributed by atoms with E-state index in [2.05, 4.69) is 0 Å². The average molecular weight is 240 g/mol. The molecule has 80 valence electrons. The van der Waals surface area contributed by atoms with Gasteiger partial charge in [-0.05, 0) is 0 Å². The predicted octanol–water partition coefficient (Wildman–Crippen LogP) is -2.42. The van der Waals surface area contributed by atoms with Crippen molar-refractivity contribution >= 4 is 23.5 Å². The second kappa shape index (κ2) is 2.25. The molecular weight excluding hydrogens is 232 g/mol. The second-order valence-electron chi connectivity index (χ2n) is 3.55. The Morgan fingerprint density at radius 3 is 2.21 bits per heavy atom. The third-order valence-electron chi connectivity index (χ3n) is 2.84. The van der Waals surface area contributed by atoms with E-state index in [1.807, 2.05) is 0 Å². The first-order chi connectivity index (χ1) is 6.35. The quantitative estimate of drug-likeness (QED) is 0.318. The summed E-state index contributed by atoms with van der Waals surface area (Å²) in [6.07, 6.45) is -1.06. The zero-order valence-electron chi connectivity index (χ0n) is 6.69. The number of thioether (sulfide) groups is 2. The molecule has 6 atom stereocenters. The predicted molar refractivity (Wildman–Crippen MR) is 46.9 cm³/mol. The Hall–Kier alpha value is 0.460. The lowest BCUT2D eigenvalue weighted by atomic mass is 10.0. The summed E-state index contributed by atoms with van der Waals surface area (Å²) in [5.41, 5.74) is -2.30. The Labute approximate surface area is 86.9 Å². The molecule has 0 aromatic carbocycles. The molecule has 0 bridgehead atoms. The van der Waals surface area contributed by atoms with Gasteiger partial charge in [-0.25, -0.2) is 0 Å². The highest BCUT2D eigenvalue weighted by Crippen LogP contribution is 2.72. The maximum atomic E-state index is 9.89. The summed E-state index contributed by atoms with van der Waals surface area (Å²) < 4.78 is 4.89. The number of aliphatic hydroxyl groups excluding tert-OH is 2. The summed E-state index contributed by atoms with van der Waals surface area (Å²) in [6.45, 7) is 0. The molecule has 0 amide bonds. The van der Waals surface area contributed by atoms with Crippen molar-refractivity contribution in [1.29, 1.82) is 0 Å². The fraction of sp³-hybridized carbons (Fsp3) is 1.00. The summed E-state index contributed by atoms with van der Waals surface area (Å²) in [7, 11) is 0. The highest BCUT2D eigenvalue weighted by Gasteiger charge is 2.88. The van der Waals surface area contributed by atoms with E-state index in [0.29, 0.717) is 23.5 Å². The van der Waals surface area contributed by atoms with Crippen LogP contribution < -0.4 is 0 Å². The largest absolute Gasteiger partial charge is 0.379 e. The van der Waals surface area contributed by atoms with Gasteiger partial charge < -0.3 is 30.3 Å². The number of ether oxygens (including phenoxy) is 1. The van der Waals surface area contributed by atoms with Crippen molar-refractivity contribution in [1.82, 2.24) is 0 Å². The van der Waals surface area contributed by atoms with Crippen molar-refractivity contribution in [2.24, 2.45) is 0 Å². The first-order valence-corrected chi connectivity index (χ1v) is 5.68. The summed E-state index contributed by atoms with van der Waals surface area (Å²) in [5, 5.41) is 48.0. The zero-order chi connectivity index (χ0) is 10.4. The van der Waals surface area contributed by atoms with Crippen LogP contribution in [0, 0.1) is 0 Å². The van der Waals surface area contributed by atoms with Crippen molar-refractivity contribution in [3.8, 4) is 0 Å². The normalized spacial score (nSPS) is 70.5. The molecule has 0 radical (unpaired) electrons. The molecule has 0 spiro atoms.